The standard InChI is InChI=1S/C19H20ClN3O3/c1-25-18(24)16-11-19(26-22-16)6-8-23(9-7-19)12-14-10-13-4-2-3-5-15(13)21-17(14)20/h2-5,10H,6-9,11-12H2,1H3. The Balaban J connectivity index is 1.40. The summed E-state index contributed by atoms with van der Waals surface area (Å²) < 4.78 is 4.73. The van der Waals surface area contributed by atoms with Gasteiger partial charge < -0.3 is 9.57 Å². The van der Waals surface area contributed by atoms with Crippen LogP contribution in [-0.2, 0) is 20.9 Å². The number of nitrogens with zero attached hydrogens (tertiary/aromatic N) is 3. The highest BCUT2D eigenvalue weighted by atomic mass is 35.5. The molecule has 1 aromatic heterocycles. The second kappa shape index (κ2) is 6.85. The molecule has 0 N–H and O–H groups in total. The van der Waals surface area contributed by atoms with Crippen LogP contribution in [-0.4, -0.2) is 47.4 Å². The molecule has 1 saturated heterocycles. The minimum atomic E-state index is -0.404. The average molecular weight is 374 g/mol. The highest BCUT2D eigenvalue weighted by Gasteiger charge is 2.44. The number of ether oxygens (including phenoxy) is 1. The van der Waals surface area contributed by atoms with Crippen molar-refractivity contribution < 1.29 is 14.4 Å². The molecule has 6 nitrogen and oxygen atoms in total. The Labute approximate surface area is 156 Å². The van der Waals surface area contributed by atoms with E-state index < -0.39 is 5.97 Å². The number of oxime groups is 1. The summed E-state index contributed by atoms with van der Waals surface area (Å²) in [6, 6.07) is 10.1. The number of fused-ring (bicyclic) bond motifs is 1. The van der Waals surface area contributed by atoms with Crippen molar-refractivity contribution in [3.8, 4) is 0 Å². The van der Waals surface area contributed by atoms with E-state index in [2.05, 4.69) is 21.1 Å². The molecule has 3 heterocycles. The molecule has 4 rings (SSSR count). The summed E-state index contributed by atoms with van der Waals surface area (Å²) in [5, 5.41) is 5.58. The summed E-state index contributed by atoms with van der Waals surface area (Å²) in [4.78, 5) is 24.1. The van der Waals surface area contributed by atoms with Crippen molar-refractivity contribution in [1.82, 2.24) is 9.88 Å². The van der Waals surface area contributed by atoms with Crippen molar-refractivity contribution in [2.75, 3.05) is 20.2 Å². The number of esters is 1. The number of carbonyl (C=O) groups is 1. The van der Waals surface area contributed by atoms with Crippen LogP contribution in [0.4, 0.5) is 0 Å². The van der Waals surface area contributed by atoms with Crippen LogP contribution in [0.2, 0.25) is 5.15 Å². The highest BCUT2D eigenvalue weighted by Crippen LogP contribution is 2.35. The van der Waals surface area contributed by atoms with E-state index in [1.165, 1.54) is 7.11 Å². The average Bonchev–Trinajstić information content (AvgIpc) is 3.07. The number of piperidine rings is 1. The smallest absolute Gasteiger partial charge is 0.355 e. The number of hydrogen-bond donors (Lipinski definition) is 0. The summed E-state index contributed by atoms with van der Waals surface area (Å²) in [7, 11) is 1.36. The zero-order valence-electron chi connectivity index (χ0n) is 14.6. The fourth-order valence-electron chi connectivity index (χ4n) is 3.62. The van der Waals surface area contributed by atoms with Crippen LogP contribution < -0.4 is 0 Å². The minimum Gasteiger partial charge on any atom is -0.464 e. The number of halogens is 1. The number of pyridine rings is 1. The molecule has 0 unspecified atom stereocenters. The molecular weight excluding hydrogens is 354 g/mol. The maximum absolute atomic E-state index is 11.6. The molecule has 1 fully saturated rings. The van der Waals surface area contributed by atoms with E-state index in [4.69, 9.17) is 21.2 Å². The largest absolute Gasteiger partial charge is 0.464 e. The van der Waals surface area contributed by atoms with Crippen LogP contribution in [0.1, 0.15) is 24.8 Å². The van der Waals surface area contributed by atoms with Crippen molar-refractivity contribution >= 4 is 34.2 Å². The molecule has 2 aliphatic rings. The van der Waals surface area contributed by atoms with E-state index in [1.807, 2.05) is 24.3 Å². The van der Waals surface area contributed by atoms with Gasteiger partial charge in [-0.2, -0.15) is 0 Å². The van der Waals surface area contributed by atoms with Crippen LogP contribution in [0.3, 0.4) is 0 Å². The van der Waals surface area contributed by atoms with Gasteiger partial charge in [0.1, 0.15) is 10.8 Å². The third kappa shape index (κ3) is 3.27. The zero-order valence-corrected chi connectivity index (χ0v) is 15.3. The molecule has 2 aromatic rings. The second-order valence-corrected chi connectivity index (χ2v) is 7.25. The Kier molecular flexibility index (Phi) is 4.54. The predicted molar refractivity (Wildman–Crippen MR) is 99.1 cm³/mol. The lowest BCUT2D eigenvalue weighted by atomic mass is 9.87. The lowest BCUT2D eigenvalue weighted by Gasteiger charge is -2.37. The molecule has 136 valence electrons. The molecule has 0 amide bonds. The molecule has 0 radical (unpaired) electrons. The van der Waals surface area contributed by atoms with Crippen molar-refractivity contribution in [1.29, 1.82) is 0 Å². The van der Waals surface area contributed by atoms with Gasteiger partial charge in [0.15, 0.2) is 5.71 Å². The first-order valence-electron chi connectivity index (χ1n) is 8.68. The first kappa shape index (κ1) is 17.2. The van der Waals surface area contributed by atoms with Crippen molar-refractivity contribution in [3.63, 3.8) is 0 Å². The molecular formula is C19H20ClN3O3. The molecule has 0 atom stereocenters. The maximum atomic E-state index is 11.6. The predicted octanol–water partition coefficient (Wildman–Crippen LogP) is 3.17. The number of para-hydroxylation sites is 1. The van der Waals surface area contributed by atoms with Gasteiger partial charge in [-0.25, -0.2) is 9.78 Å². The Morgan fingerprint density at radius 2 is 2.12 bits per heavy atom. The van der Waals surface area contributed by atoms with E-state index in [0.717, 1.165) is 48.9 Å². The molecule has 0 saturated carbocycles. The molecule has 1 aromatic carbocycles. The van der Waals surface area contributed by atoms with E-state index in [1.54, 1.807) is 0 Å². The summed E-state index contributed by atoms with van der Waals surface area (Å²) >= 11 is 6.38. The van der Waals surface area contributed by atoms with Gasteiger partial charge in [-0.1, -0.05) is 35.0 Å². The Bertz CT molecular complexity index is 875. The molecule has 7 heteroatoms. The fraction of sp³-hybridized carbons (Fsp3) is 0.421. The Morgan fingerprint density at radius 1 is 1.35 bits per heavy atom. The maximum Gasteiger partial charge on any atom is 0.355 e. The number of methoxy groups -OCH3 is 1. The third-order valence-electron chi connectivity index (χ3n) is 5.17. The minimum absolute atomic E-state index is 0.370. The Hall–Kier alpha value is -2.18. The van der Waals surface area contributed by atoms with E-state index in [9.17, 15) is 4.79 Å². The van der Waals surface area contributed by atoms with Gasteiger partial charge in [-0.15, -0.1) is 0 Å². The van der Waals surface area contributed by atoms with E-state index >= 15 is 0 Å². The molecule has 1 spiro atoms. The molecule has 26 heavy (non-hydrogen) atoms. The topological polar surface area (TPSA) is 64.0 Å². The normalized spacial score (nSPS) is 19.4. The van der Waals surface area contributed by atoms with Crippen LogP contribution in [0.5, 0.6) is 0 Å². The van der Waals surface area contributed by atoms with Gasteiger partial charge in [-0.3, -0.25) is 4.90 Å². The number of benzene rings is 1. The number of carbonyl (C=O) groups excluding carboxylic acids is 1. The summed E-state index contributed by atoms with van der Waals surface area (Å²) in [6.45, 7) is 2.46. The van der Waals surface area contributed by atoms with E-state index in [-0.39, 0.29) is 5.60 Å². The number of rotatable bonds is 3. The third-order valence-corrected chi connectivity index (χ3v) is 5.50. The van der Waals surface area contributed by atoms with Gasteiger partial charge in [0.05, 0.1) is 12.6 Å². The quantitative estimate of drug-likeness (QED) is 0.610. The summed E-state index contributed by atoms with van der Waals surface area (Å²) in [5.74, 6) is -0.404. The molecule has 0 bridgehead atoms. The highest BCUT2D eigenvalue weighted by molar-refractivity contribution is 6.36. The zero-order chi connectivity index (χ0) is 18.1. The SMILES string of the molecule is COC(=O)C1=NOC2(CCN(Cc3cc4ccccc4nc3Cl)CC2)C1. The molecule has 0 aliphatic carbocycles. The number of aromatic nitrogens is 1. The van der Waals surface area contributed by atoms with Crippen LogP contribution in [0.15, 0.2) is 35.5 Å². The lowest BCUT2D eigenvalue weighted by molar-refractivity contribution is -0.132. The van der Waals surface area contributed by atoms with Gasteiger partial charge in [0.2, 0.25) is 0 Å². The first-order valence-corrected chi connectivity index (χ1v) is 9.06. The summed E-state index contributed by atoms with van der Waals surface area (Å²) in [6.07, 6.45) is 2.15. The van der Waals surface area contributed by atoms with Crippen LogP contribution in [0.25, 0.3) is 10.9 Å². The summed E-state index contributed by atoms with van der Waals surface area (Å²) in [5.41, 5.74) is 1.94. The van der Waals surface area contributed by atoms with Crippen LogP contribution in [0, 0.1) is 0 Å². The van der Waals surface area contributed by atoms with Gasteiger partial charge >= 0.3 is 5.97 Å². The van der Waals surface area contributed by atoms with Gasteiger partial charge in [-0.05, 0) is 12.1 Å². The number of likely N-dealkylation sites (tertiary alicyclic amines) is 1. The van der Waals surface area contributed by atoms with Crippen molar-refractivity contribution in [2.24, 2.45) is 5.16 Å². The van der Waals surface area contributed by atoms with E-state index in [0.29, 0.717) is 17.3 Å². The second-order valence-electron chi connectivity index (χ2n) is 6.89. The monoisotopic (exact) mass is 373 g/mol. The van der Waals surface area contributed by atoms with Crippen LogP contribution >= 0.6 is 11.6 Å². The van der Waals surface area contributed by atoms with Crippen molar-refractivity contribution in [2.45, 2.75) is 31.4 Å². The van der Waals surface area contributed by atoms with Crippen molar-refractivity contribution in [3.05, 3.63) is 41.0 Å². The molecule has 2 aliphatic heterocycles. The first-order chi connectivity index (χ1) is 12.6. The van der Waals surface area contributed by atoms with Gasteiger partial charge in [0, 0.05) is 49.8 Å². The lowest BCUT2D eigenvalue weighted by Crippen LogP contribution is -2.44. The fourth-order valence-corrected chi connectivity index (χ4v) is 3.83. The van der Waals surface area contributed by atoms with Gasteiger partial charge in [0.25, 0.3) is 0 Å². The number of hydrogen-bond acceptors (Lipinski definition) is 6. The Morgan fingerprint density at radius 3 is 2.88 bits per heavy atom.